The molecular formula is C2H6O2S. The van der Waals surface area contributed by atoms with Crippen LogP contribution in [0, 0.1) is 0 Å². The van der Waals surface area contributed by atoms with Gasteiger partial charge in [-0.25, -0.2) is 0 Å². The van der Waals surface area contributed by atoms with Gasteiger partial charge in [-0.1, -0.05) is 0 Å². The minimum atomic E-state index is -0.752. The van der Waals surface area contributed by atoms with Crippen LogP contribution in [0.3, 0.4) is 0 Å². The minimum absolute atomic E-state index is 0.752. The van der Waals surface area contributed by atoms with Crippen LogP contribution in [0.25, 0.3) is 0 Å². The summed E-state index contributed by atoms with van der Waals surface area (Å²) in [5, 5.41) is 8.06. The molecule has 3 heteroatoms. The maximum absolute atomic E-state index is 8.06. The van der Waals surface area contributed by atoms with Crippen molar-refractivity contribution >= 4 is 12.9 Å². The maximum atomic E-state index is 8.06. The highest BCUT2D eigenvalue weighted by Crippen LogP contribution is 1.83. The van der Waals surface area contributed by atoms with Gasteiger partial charge < -0.3 is 5.11 Å². The lowest BCUT2D eigenvalue weighted by molar-refractivity contribution is 0.0191. The second kappa shape index (κ2) is 2.50. The molecule has 1 unspecified atom stereocenters. The third-order valence-electron chi connectivity index (χ3n) is 0.153. The Morgan fingerprint density at radius 3 is 2.20 bits per heavy atom. The predicted molar refractivity (Wildman–Crippen MR) is 21.8 cm³/mol. The van der Waals surface area contributed by atoms with Gasteiger partial charge in [0, 0.05) is 0 Å². The summed E-state index contributed by atoms with van der Waals surface area (Å²) in [5.41, 5.74) is 0. The second-order valence-corrected chi connectivity index (χ2v) is 0.916. The topological polar surface area (TPSA) is 29.5 Å². The lowest BCUT2D eigenvalue weighted by Gasteiger charge is -1.92. The number of aliphatic hydroxyl groups is 1. The monoisotopic (exact) mass is 94.0 g/mol. The summed E-state index contributed by atoms with van der Waals surface area (Å²) < 4.78 is 4.00. The average Bonchev–Trinajstić information content (AvgIpc) is 1.38. The molecule has 1 N–H and O–H groups in total. The molecule has 5 heavy (non-hydrogen) atoms. The highest BCUT2D eigenvalue weighted by atomic mass is 32.1. The standard InChI is InChI=1S/C2H6O2S/c1-2(3)4-5/h2-3,5H,1H3. The van der Waals surface area contributed by atoms with Gasteiger partial charge in [0.25, 0.3) is 0 Å². The summed E-state index contributed by atoms with van der Waals surface area (Å²) in [6, 6.07) is 0. The Morgan fingerprint density at radius 2 is 2.20 bits per heavy atom. The second-order valence-electron chi connectivity index (χ2n) is 0.705. The van der Waals surface area contributed by atoms with Crippen LogP contribution in [0.2, 0.25) is 0 Å². The molecule has 0 aromatic carbocycles. The van der Waals surface area contributed by atoms with Crippen molar-refractivity contribution in [1.82, 2.24) is 0 Å². The minimum Gasteiger partial charge on any atom is -0.367 e. The van der Waals surface area contributed by atoms with Crippen molar-refractivity contribution in [1.29, 1.82) is 0 Å². The predicted octanol–water partition coefficient (Wildman–Crippen LogP) is 0.186. The number of hydrogen-bond donors (Lipinski definition) is 2. The zero-order valence-electron chi connectivity index (χ0n) is 2.88. The van der Waals surface area contributed by atoms with E-state index in [9.17, 15) is 0 Å². The SMILES string of the molecule is CC(O)OS. The van der Waals surface area contributed by atoms with Crippen molar-refractivity contribution in [3.63, 3.8) is 0 Å². The van der Waals surface area contributed by atoms with Gasteiger partial charge in [0.05, 0.1) is 0 Å². The Balaban J connectivity index is 2.54. The van der Waals surface area contributed by atoms with Crippen molar-refractivity contribution in [3.8, 4) is 0 Å². The Labute approximate surface area is 36.4 Å². The first-order valence-corrected chi connectivity index (χ1v) is 1.62. The summed E-state index contributed by atoms with van der Waals surface area (Å²) in [7, 11) is 0. The van der Waals surface area contributed by atoms with Crippen molar-refractivity contribution in [3.05, 3.63) is 0 Å². The Kier molecular flexibility index (Phi) is 2.64. The molecule has 0 amide bonds. The smallest absolute Gasteiger partial charge is 0.164 e. The lowest BCUT2D eigenvalue weighted by Crippen LogP contribution is -1.95. The van der Waals surface area contributed by atoms with E-state index in [-0.39, 0.29) is 0 Å². The molecule has 0 aliphatic carbocycles. The van der Waals surface area contributed by atoms with E-state index in [0.717, 1.165) is 0 Å². The molecule has 1 atom stereocenters. The fraction of sp³-hybridized carbons (Fsp3) is 1.00. The van der Waals surface area contributed by atoms with Crippen LogP contribution in [0.4, 0.5) is 0 Å². The van der Waals surface area contributed by atoms with Gasteiger partial charge in [-0.3, -0.25) is 4.18 Å². The Hall–Kier alpha value is 0.270. The van der Waals surface area contributed by atoms with Crippen LogP contribution < -0.4 is 0 Å². The van der Waals surface area contributed by atoms with E-state index in [1.54, 1.807) is 0 Å². The molecule has 0 aromatic heterocycles. The molecule has 0 spiro atoms. The van der Waals surface area contributed by atoms with Gasteiger partial charge in [-0.2, -0.15) is 0 Å². The quantitative estimate of drug-likeness (QED) is 0.276. The third kappa shape index (κ3) is 4.27. The fourth-order valence-corrected chi connectivity index (χ4v) is 0. The average molecular weight is 94.1 g/mol. The molecule has 32 valence electrons. The molecule has 0 heterocycles. The summed E-state index contributed by atoms with van der Waals surface area (Å²) >= 11 is 3.27. The lowest BCUT2D eigenvalue weighted by atomic mass is 10.8. The molecule has 0 aliphatic rings. The van der Waals surface area contributed by atoms with Crippen LogP contribution in [-0.2, 0) is 4.18 Å². The van der Waals surface area contributed by atoms with Crippen LogP contribution in [0.5, 0.6) is 0 Å². The molecule has 0 saturated heterocycles. The van der Waals surface area contributed by atoms with E-state index in [1.165, 1.54) is 6.92 Å². The molecular weight excluding hydrogens is 88.1 g/mol. The first-order chi connectivity index (χ1) is 2.27. The first kappa shape index (κ1) is 5.27. The summed E-state index contributed by atoms with van der Waals surface area (Å²) in [6.45, 7) is 1.48. The number of aliphatic hydroxyl groups excluding tert-OH is 1. The maximum Gasteiger partial charge on any atom is 0.164 e. The van der Waals surface area contributed by atoms with E-state index < -0.39 is 6.29 Å². The van der Waals surface area contributed by atoms with E-state index in [2.05, 4.69) is 17.1 Å². The highest BCUT2D eigenvalue weighted by Gasteiger charge is 1.81. The molecule has 2 nitrogen and oxygen atoms in total. The van der Waals surface area contributed by atoms with Gasteiger partial charge >= 0.3 is 0 Å². The van der Waals surface area contributed by atoms with Crippen LogP contribution in [0.15, 0.2) is 0 Å². The largest absolute Gasteiger partial charge is 0.367 e. The number of thiol groups is 1. The van der Waals surface area contributed by atoms with E-state index in [4.69, 9.17) is 5.11 Å². The Bertz CT molecular complexity index is 21.6. The van der Waals surface area contributed by atoms with Gasteiger partial charge in [0.15, 0.2) is 6.29 Å². The highest BCUT2D eigenvalue weighted by molar-refractivity contribution is 7.75. The summed E-state index contributed by atoms with van der Waals surface area (Å²) in [4.78, 5) is 0. The first-order valence-electron chi connectivity index (χ1n) is 1.25. The molecule has 0 rings (SSSR count). The van der Waals surface area contributed by atoms with Crippen molar-refractivity contribution in [2.45, 2.75) is 13.2 Å². The van der Waals surface area contributed by atoms with E-state index in [0.29, 0.717) is 0 Å². The molecule has 0 saturated carbocycles. The number of rotatable bonds is 1. The third-order valence-corrected chi connectivity index (χ3v) is 0.458. The molecule has 0 bridgehead atoms. The van der Waals surface area contributed by atoms with E-state index >= 15 is 0 Å². The van der Waals surface area contributed by atoms with Crippen LogP contribution in [-0.4, -0.2) is 11.4 Å². The fourth-order valence-electron chi connectivity index (χ4n) is 0. The van der Waals surface area contributed by atoms with Crippen LogP contribution >= 0.6 is 12.9 Å². The van der Waals surface area contributed by atoms with Gasteiger partial charge in [0.2, 0.25) is 0 Å². The van der Waals surface area contributed by atoms with Gasteiger partial charge in [0.1, 0.15) is 0 Å². The molecule has 0 radical (unpaired) electrons. The van der Waals surface area contributed by atoms with Crippen LogP contribution in [0.1, 0.15) is 6.92 Å². The van der Waals surface area contributed by atoms with Crippen molar-refractivity contribution < 1.29 is 9.29 Å². The number of hydrogen-bond acceptors (Lipinski definition) is 3. The summed E-state index contributed by atoms with van der Waals surface area (Å²) in [5.74, 6) is 0. The molecule has 0 aliphatic heterocycles. The molecule has 0 aromatic rings. The zero-order chi connectivity index (χ0) is 4.28. The Morgan fingerprint density at radius 1 is 2.00 bits per heavy atom. The molecule has 0 fully saturated rings. The summed E-state index contributed by atoms with van der Waals surface area (Å²) in [6.07, 6.45) is -0.752. The van der Waals surface area contributed by atoms with E-state index in [1.807, 2.05) is 0 Å². The normalized spacial score (nSPS) is 15.0. The van der Waals surface area contributed by atoms with Crippen molar-refractivity contribution in [2.75, 3.05) is 0 Å². The van der Waals surface area contributed by atoms with Gasteiger partial charge in [-0.15, -0.1) is 0 Å². The zero-order valence-corrected chi connectivity index (χ0v) is 3.77. The van der Waals surface area contributed by atoms with Gasteiger partial charge in [-0.05, 0) is 19.8 Å². The van der Waals surface area contributed by atoms with Crippen molar-refractivity contribution in [2.24, 2.45) is 0 Å².